The van der Waals surface area contributed by atoms with Crippen molar-refractivity contribution in [2.24, 2.45) is 0 Å². The number of anilines is 1. The summed E-state index contributed by atoms with van der Waals surface area (Å²) in [6, 6.07) is 8.89. The molecule has 4 nitrogen and oxygen atoms in total. The minimum atomic E-state index is -0.185. The zero-order valence-electron chi connectivity index (χ0n) is 7.92. The van der Waals surface area contributed by atoms with Crippen molar-refractivity contribution in [3.05, 3.63) is 54.1 Å². The fraction of sp³-hybridized carbons (Fsp3) is 0. The number of carbonyl (C=O) groups is 1. The van der Waals surface area contributed by atoms with Crippen LogP contribution in [0.3, 0.4) is 0 Å². The Morgan fingerprint density at radius 3 is 2.60 bits per heavy atom. The number of hydrogen-bond acceptors (Lipinski definition) is 4. The quantitative estimate of drug-likeness (QED) is 0.740. The summed E-state index contributed by atoms with van der Waals surface area (Å²) in [5.74, 6) is -0.185. The molecule has 2 aromatic rings. The molecule has 4 heteroatoms. The van der Waals surface area contributed by atoms with Gasteiger partial charge in [-0.15, -0.1) is 0 Å². The molecular formula is C11H9N3O. The zero-order valence-corrected chi connectivity index (χ0v) is 7.92. The number of nitrogen functional groups attached to an aromatic ring is 1. The van der Waals surface area contributed by atoms with Crippen LogP contribution < -0.4 is 5.73 Å². The molecular weight excluding hydrogens is 190 g/mol. The van der Waals surface area contributed by atoms with E-state index in [4.69, 9.17) is 5.73 Å². The Kier molecular flexibility index (Phi) is 2.41. The molecule has 0 aliphatic carbocycles. The van der Waals surface area contributed by atoms with Gasteiger partial charge in [0.2, 0.25) is 5.78 Å². The van der Waals surface area contributed by atoms with E-state index in [2.05, 4.69) is 9.97 Å². The second-order valence-electron chi connectivity index (χ2n) is 3.02. The monoisotopic (exact) mass is 199 g/mol. The molecule has 15 heavy (non-hydrogen) atoms. The second-order valence-corrected chi connectivity index (χ2v) is 3.02. The van der Waals surface area contributed by atoms with Gasteiger partial charge in [-0.3, -0.25) is 4.79 Å². The Bertz CT molecular complexity index is 482. The molecule has 0 atom stereocenters. The average molecular weight is 199 g/mol. The van der Waals surface area contributed by atoms with Crippen LogP contribution in [-0.2, 0) is 0 Å². The molecule has 2 rings (SSSR count). The summed E-state index contributed by atoms with van der Waals surface area (Å²) < 4.78 is 0. The van der Waals surface area contributed by atoms with Gasteiger partial charge in [-0.05, 0) is 0 Å². The van der Waals surface area contributed by atoms with E-state index in [9.17, 15) is 4.79 Å². The van der Waals surface area contributed by atoms with Crippen LogP contribution in [-0.4, -0.2) is 15.8 Å². The molecule has 1 heterocycles. The fourth-order valence-corrected chi connectivity index (χ4v) is 1.26. The molecule has 0 bridgehead atoms. The maximum Gasteiger partial charge on any atom is 0.213 e. The fourth-order valence-electron chi connectivity index (χ4n) is 1.26. The van der Waals surface area contributed by atoms with Crippen molar-refractivity contribution in [2.45, 2.75) is 0 Å². The number of nitrogens with zero attached hydrogens (tertiary/aromatic N) is 2. The number of ketones is 1. The number of carbonyl (C=O) groups excluding carboxylic acids is 1. The van der Waals surface area contributed by atoms with Crippen LogP contribution >= 0.6 is 0 Å². The van der Waals surface area contributed by atoms with Crippen LogP contribution in [0.4, 0.5) is 5.69 Å². The van der Waals surface area contributed by atoms with E-state index in [0.29, 0.717) is 11.3 Å². The van der Waals surface area contributed by atoms with Crippen LogP contribution in [0.2, 0.25) is 0 Å². The van der Waals surface area contributed by atoms with E-state index < -0.39 is 0 Å². The van der Waals surface area contributed by atoms with Gasteiger partial charge in [0.05, 0.1) is 11.9 Å². The summed E-state index contributed by atoms with van der Waals surface area (Å²) >= 11 is 0. The average Bonchev–Trinajstić information content (AvgIpc) is 2.30. The van der Waals surface area contributed by atoms with Crippen LogP contribution in [0.5, 0.6) is 0 Å². The van der Waals surface area contributed by atoms with Gasteiger partial charge in [0.1, 0.15) is 12.0 Å². The maximum atomic E-state index is 11.9. The summed E-state index contributed by atoms with van der Waals surface area (Å²) in [6.07, 6.45) is 2.73. The van der Waals surface area contributed by atoms with Crippen molar-refractivity contribution in [3.8, 4) is 0 Å². The molecule has 0 aliphatic heterocycles. The van der Waals surface area contributed by atoms with Crippen molar-refractivity contribution in [1.29, 1.82) is 0 Å². The van der Waals surface area contributed by atoms with Crippen molar-refractivity contribution in [2.75, 3.05) is 5.73 Å². The van der Waals surface area contributed by atoms with Gasteiger partial charge < -0.3 is 5.73 Å². The van der Waals surface area contributed by atoms with Crippen molar-refractivity contribution in [1.82, 2.24) is 9.97 Å². The summed E-state index contributed by atoms with van der Waals surface area (Å²) in [7, 11) is 0. The van der Waals surface area contributed by atoms with Crippen LogP contribution in [0.25, 0.3) is 0 Å². The number of hydrogen-bond donors (Lipinski definition) is 1. The Hall–Kier alpha value is -2.23. The Morgan fingerprint density at radius 1 is 1.20 bits per heavy atom. The molecule has 0 radical (unpaired) electrons. The first kappa shape index (κ1) is 9.33. The highest BCUT2D eigenvalue weighted by Crippen LogP contribution is 2.11. The van der Waals surface area contributed by atoms with Gasteiger partial charge in [-0.2, -0.15) is 0 Å². The van der Waals surface area contributed by atoms with Gasteiger partial charge in [-0.25, -0.2) is 9.97 Å². The first-order valence-corrected chi connectivity index (χ1v) is 4.44. The summed E-state index contributed by atoms with van der Waals surface area (Å²) in [4.78, 5) is 19.5. The summed E-state index contributed by atoms with van der Waals surface area (Å²) in [6.45, 7) is 0. The van der Waals surface area contributed by atoms with Crippen molar-refractivity contribution in [3.63, 3.8) is 0 Å². The van der Waals surface area contributed by atoms with Crippen LogP contribution in [0.1, 0.15) is 16.1 Å². The van der Waals surface area contributed by atoms with E-state index in [1.165, 1.54) is 12.5 Å². The molecule has 2 N–H and O–H groups in total. The highest BCUT2D eigenvalue weighted by atomic mass is 16.1. The predicted octanol–water partition coefficient (Wildman–Crippen LogP) is 1.29. The van der Waals surface area contributed by atoms with Gasteiger partial charge in [0.25, 0.3) is 0 Å². The van der Waals surface area contributed by atoms with Gasteiger partial charge in [0, 0.05) is 5.56 Å². The smallest absolute Gasteiger partial charge is 0.213 e. The molecule has 0 amide bonds. The van der Waals surface area contributed by atoms with Gasteiger partial charge in [-0.1, -0.05) is 30.3 Å². The molecule has 74 valence electrons. The van der Waals surface area contributed by atoms with E-state index in [1.807, 2.05) is 6.07 Å². The van der Waals surface area contributed by atoms with Crippen LogP contribution in [0.15, 0.2) is 42.9 Å². The molecule has 0 spiro atoms. The lowest BCUT2D eigenvalue weighted by Crippen LogP contribution is -2.08. The van der Waals surface area contributed by atoms with Crippen molar-refractivity contribution < 1.29 is 4.79 Å². The molecule has 0 saturated carbocycles. The molecule has 1 aromatic carbocycles. The zero-order chi connectivity index (χ0) is 10.7. The Labute approximate surface area is 86.8 Å². The molecule has 0 fully saturated rings. The minimum Gasteiger partial charge on any atom is -0.396 e. The van der Waals surface area contributed by atoms with Crippen molar-refractivity contribution >= 4 is 11.5 Å². The van der Waals surface area contributed by atoms with Gasteiger partial charge >= 0.3 is 0 Å². The standard InChI is InChI=1S/C11H9N3O/c12-9-6-13-7-14-10(9)11(15)8-4-2-1-3-5-8/h1-7H,12H2. The largest absolute Gasteiger partial charge is 0.396 e. The lowest BCUT2D eigenvalue weighted by Gasteiger charge is -2.01. The topological polar surface area (TPSA) is 68.9 Å². The molecule has 0 aliphatic rings. The second kappa shape index (κ2) is 3.88. The van der Waals surface area contributed by atoms with E-state index in [0.717, 1.165) is 0 Å². The maximum absolute atomic E-state index is 11.9. The number of nitrogens with two attached hydrogens (primary N) is 1. The number of aromatic nitrogens is 2. The lowest BCUT2D eigenvalue weighted by molar-refractivity contribution is 0.103. The third-order valence-corrected chi connectivity index (χ3v) is 1.99. The highest BCUT2D eigenvalue weighted by Gasteiger charge is 2.12. The number of benzene rings is 1. The third-order valence-electron chi connectivity index (χ3n) is 1.99. The summed E-state index contributed by atoms with van der Waals surface area (Å²) in [5.41, 5.74) is 6.73. The highest BCUT2D eigenvalue weighted by molar-refractivity contribution is 6.10. The molecule has 0 unspecified atom stereocenters. The van der Waals surface area contributed by atoms with E-state index >= 15 is 0 Å². The van der Waals surface area contributed by atoms with E-state index in [-0.39, 0.29) is 11.5 Å². The predicted molar refractivity (Wildman–Crippen MR) is 56.3 cm³/mol. The summed E-state index contributed by atoms with van der Waals surface area (Å²) in [5, 5.41) is 0. The molecule has 0 saturated heterocycles. The molecule has 1 aromatic heterocycles. The lowest BCUT2D eigenvalue weighted by atomic mass is 10.1. The third kappa shape index (κ3) is 1.83. The number of rotatable bonds is 2. The minimum absolute atomic E-state index is 0.185. The van der Waals surface area contributed by atoms with Gasteiger partial charge in [0.15, 0.2) is 0 Å². The first-order chi connectivity index (χ1) is 7.29. The Morgan fingerprint density at radius 2 is 1.93 bits per heavy atom. The Balaban J connectivity index is 2.42. The SMILES string of the molecule is Nc1cncnc1C(=O)c1ccccc1. The first-order valence-electron chi connectivity index (χ1n) is 4.44. The van der Waals surface area contributed by atoms with Crippen LogP contribution in [0, 0.1) is 0 Å². The van der Waals surface area contributed by atoms with E-state index in [1.54, 1.807) is 24.3 Å². The normalized spacial score (nSPS) is 9.87.